The van der Waals surface area contributed by atoms with E-state index in [1.165, 1.54) is 0 Å². The van der Waals surface area contributed by atoms with Gasteiger partial charge in [-0.05, 0) is 80.5 Å². The standard InChI is InChI=1S/C28H28N6OS/c1-18-10-9-15-30-27(18)34-19(2)16-22(20(34)3)26-25(23-13-7-8-14-29-23)32-28(36)33(26)17-24(35)31-21-11-5-4-6-12-21/h4-16,25-26H,17H2,1-3H3,(H,31,35)(H,32,36)/t25-,26+/m1/s1. The van der Waals surface area contributed by atoms with Gasteiger partial charge in [-0.1, -0.05) is 30.3 Å². The van der Waals surface area contributed by atoms with Crippen LogP contribution < -0.4 is 10.6 Å². The quantitative estimate of drug-likeness (QED) is 0.374. The zero-order chi connectivity index (χ0) is 25.2. The first kappa shape index (κ1) is 23.7. The van der Waals surface area contributed by atoms with Crippen LogP contribution in [0.25, 0.3) is 5.82 Å². The first-order valence-electron chi connectivity index (χ1n) is 11.9. The number of anilines is 1. The molecule has 2 atom stereocenters. The van der Waals surface area contributed by atoms with Crippen molar-refractivity contribution in [2.45, 2.75) is 32.9 Å². The number of aryl methyl sites for hydroxylation is 2. The van der Waals surface area contributed by atoms with E-state index in [9.17, 15) is 4.79 Å². The Morgan fingerprint density at radius 3 is 2.47 bits per heavy atom. The highest BCUT2D eigenvalue weighted by atomic mass is 32.1. The normalized spacial score (nSPS) is 17.2. The molecule has 8 heteroatoms. The van der Waals surface area contributed by atoms with Crippen molar-refractivity contribution in [1.29, 1.82) is 0 Å². The number of nitrogens with one attached hydrogen (secondary N) is 2. The molecule has 0 bridgehead atoms. The monoisotopic (exact) mass is 496 g/mol. The molecule has 1 saturated heterocycles. The maximum Gasteiger partial charge on any atom is 0.244 e. The van der Waals surface area contributed by atoms with Gasteiger partial charge in [0, 0.05) is 29.5 Å². The number of pyridine rings is 2. The van der Waals surface area contributed by atoms with Crippen molar-refractivity contribution in [2.75, 3.05) is 11.9 Å². The van der Waals surface area contributed by atoms with Gasteiger partial charge in [0.1, 0.15) is 12.4 Å². The van der Waals surface area contributed by atoms with Crippen molar-refractivity contribution in [3.05, 3.63) is 107 Å². The van der Waals surface area contributed by atoms with E-state index in [2.05, 4.69) is 58.1 Å². The minimum Gasteiger partial charge on any atom is -0.352 e. The maximum absolute atomic E-state index is 13.1. The summed E-state index contributed by atoms with van der Waals surface area (Å²) < 4.78 is 2.17. The smallest absolute Gasteiger partial charge is 0.244 e. The number of rotatable bonds is 6. The molecule has 182 valence electrons. The maximum atomic E-state index is 13.1. The van der Waals surface area contributed by atoms with Crippen LogP contribution in [-0.2, 0) is 4.79 Å². The van der Waals surface area contributed by atoms with Gasteiger partial charge in [-0.3, -0.25) is 9.78 Å². The number of carbonyl (C=O) groups is 1. The van der Waals surface area contributed by atoms with Crippen LogP contribution in [-0.4, -0.2) is 37.0 Å². The van der Waals surface area contributed by atoms with Gasteiger partial charge in [0.15, 0.2) is 5.11 Å². The number of hydrogen-bond donors (Lipinski definition) is 2. The summed E-state index contributed by atoms with van der Waals surface area (Å²) in [6, 6.07) is 21.0. The van der Waals surface area contributed by atoms with Crippen molar-refractivity contribution in [2.24, 2.45) is 0 Å². The highest BCUT2D eigenvalue weighted by molar-refractivity contribution is 7.80. The lowest BCUT2D eigenvalue weighted by atomic mass is 9.96. The van der Waals surface area contributed by atoms with Gasteiger partial charge >= 0.3 is 0 Å². The molecule has 7 nitrogen and oxygen atoms in total. The molecule has 5 rings (SSSR count). The zero-order valence-electron chi connectivity index (χ0n) is 20.5. The van der Waals surface area contributed by atoms with Gasteiger partial charge in [-0.15, -0.1) is 0 Å². The Kier molecular flexibility index (Phi) is 6.52. The number of aromatic nitrogens is 3. The Labute approximate surface area is 216 Å². The Bertz CT molecular complexity index is 1400. The Morgan fingerprint density at radius 1 is 1.00 bits per heavy atom. The third-order valence-electron chi connectivity index (χ3n) is 6.55. The lowest BCUT2D eigenvalue weighted by Gasteiger charge is -2.27. The molecule has 1 amide bonds. The second-order valence-corrected chi connectivity index (χ2v) is 9.36. The molecule has 4 aromatic rings. The highest BCUT2D eigenvalue weighted by Gasteiger charge is 2.42. The van der Waals surface area contributed by atoms with E-state index < -0.39 is 0 Å². The van der Waals surface area contributed by atoms with E-state index in [0.717, 1.165) is 39.7 Å². The minimum absolute atomic E-state index is 0.112. The van der Waals surface area contributed by atoms with Crippen molar-refractivity contribution < 1.29 is 4.79 Å². The fourth-order valence-electron chi connectivity index (χ4n) is 4.92. The van der Waals surface area contributed by atoms with Gasteiger partial charge in [0.05, 0.1) is 17.8 Å². The minimum atomic E-state index is -0.224. The van der Waals surface area contributed by atoms with Crippen LogP contribution in [0.2, 0.25) is 0 Å². The van der Waals surface area contributed by atoms with E-state index in [1.807, 2.05) is 65.7 Å². The summed E-state index contributed by atoms with van der Waals surface area (Å²) in [5.74, 6) is 0.765. The van der Waals surface area contributed by atoms with Crippen LogP contribution in [0.15, 0.2) is 79.1 Å². The van der Waals surface area contributed by atoms with E-state index in [4.69, 9.17) is 12.2 Å². The summed E-state index contributed by atoms with van der Waals surface area (Å²) in [5, 5.41) is 6.94. The van der Waals surface area contributed by atoms with E-state index >= 15 is 0 Å². The van der Waals surface area contributed by atoms with Gasteiger partial charge in [0.2, 0.25) is 5.91 Å². The third kappa shape index (κ3) is 4.47. The molecule has 4 heterocycles. The van der Waals surface area contributed by atoms with Gasteiger partial charge in [0.25, 0.3) is 0 Å². The topological polar surface area (TPSA) is 75.1 Å². The van der Waals surface area contributed by atoms with Crippen molar-refractivity contribution in [1.82, 2.24) is 24.8 Å². The van der Waals surface area contributed by atoms with Crippen LogP contribution in [0.5, 0.6) is 0 Å². The number of benzene rings is 1. The van der Waals surface area contributed by atoms with Crippen molar-refractivity contribution in [3.8, 4) is 5.82 Å². The fourth-order valence-corrected chi connectivity index (χ4v) is 5.22. The average Bonchev–Trinajstić information content (AvgIpc) is 3.35. The van der Waals surface area contributed by atoms with Crippen LogP contribution in [0.1, 0.15) is 40.3 Å². The van der Waals surface area contributed by atoms with Crippen LogP contribution in [0, 0.1) is 20.8 Å². The summed E-state index contributed by atoms with van der Waals surface area (Å²) >= 11 is 5.76. The predicted molar refractivity (Wildman–Crippen MR) is 145 cm³/mol. The second-order valence-electron chi connectivity index (χ2n) is 8.97. The SMILES string of the molecule is Cc1cccnc1-n1c(C)cc([C@H]2[C@@H](c3ccccn3)NC(=S)N2CC(=O)Nc2ccccc2)c1C. The third-order valence-corrected chi connectivity index (χ3v) is 6.90. The Morgan fingerprint density at radius 2 is 1.75 bits per heavy atom. The molecule has 1 aliphatic rings. The number of nitrogens with zero attached hydrogens (tertiary/aromatic N) is 4. The summed E-state index contributed by atoms with van der Waals surface area (Å²) in [4.78, 5) is 24.3. The van der Waals surface area contributed by atoms with E-state index in [1.54, 1.807) is 6.20 Å². The number of amides is 1. The average molecular weight is 497 g/mol. The molecule has 0 aliphatic carbocycles. The van der Waals surface area contributed by atoms with Crippen LogP contribution in [0.3, 0.4) is 0 Å². The predicted octanol–water partition coefficient (Wildman–Crippen LogP) is 4.80. The van der Waals surface area contributed by atoms with Gasteiger partial charge in [-0.25, -0.2) is 4.98 Å². The van der Waals surface area contributed by atoms with E-state index in [0.29, 0.717) is 5.11 Å². The largest absolute Gasteiger partial charge is 0.352 e. The van der Waals surface area contributed by atoms with Crippen LogP contribution in [0.4, 0.5) is 5.69 Å². The summed E-state index contributed by atoms with van der Waals surface area (Å²) in [5.41, 5.74) is 5.91. The molecule has 1 aliphatic heterocycles. The molecular weight excluding hydrogens is 468 g/mol. The van der Waals surface area contributed by atoms with E-state index in [-0.39, 0.29) is 24.5 Å². The number of hydrogen-bond acceptors (Lipinski definition) is 4. The van der Waals surface area contributed by atoms with Crippen molar-refractivity contribution >= 4 is 28.9 Å². The number of thiocarbonyl (C=S) groups is 1. The lowest BCUT2D eigenvalue weighted by Crippen LogP contribution is -2.37. The summed E-state index contributed by atoms with van der Waals surface area (Å²) in [6.45, 7) is 6.34. The Balaban J connectivity index is 1.55. The fraction of sp³-hybridized carbons (Fsp3) is 0.214. The second kappa shape index (κ2) is 9.91. The summed E-state index contributed by atoms with van der Waals surface area (Å²) in [7, 11) is 0. The lowest BCUT2D eigenvalue weighted by molar-refractivity contribution is -0.116. The zero-order valence-corrected chi connectivity index (χ0v) is 21.3. The molecule has 0 radical (unpaired) electrons. The highest BCUT2D eigenvalue weighted by Crippen LogP contribution is 2.41. The molecule has 1 aromatic carbocycles. The molecular formula is C28H28N6OS. The van der Waals surface area contributed by atoms with Crippen LogP contribution >= 0.6 is 12.2 Å². The molecule has 36 heavy (non-hydrogen) atoms. The van der Waals surface area contributed by atoms with Crippen molar-refractivity contribution in [3.63, 3.8) is 0 Å². The molecule has 0 saturated carbocycles. The Hall–Kier alpha value is -4.04. The molecule has 2 N–H and O–H groups in total. The molecule has 0 unspecified atom stereocenters. The molecule has 0 spiro atoms. The summed E-state index contributed by atoms with van der Waals surface area (Å²) in [6.07, 6.45) is 3.59. The first-order valence-corrected chi connectivity index (χ1v) is 12.3. The number of para-hydroxylation sites is 1. The molecule has 3 aromatic heterocycles. The van der Waals surface area contributed by atoms with Gasteiger partial charge < -0.3 is 20.1 Å². The molecule has 1 fully saturated rings. The number of carbonyl (C=O) groups excluding carboxylic acids is 1. The first-order chi connectivity index (χ1) is 17.4. The van der Waals surface area contributed by atoms with Gasteiger partial charge in [-0.2, -0.15) is 0 Å².